The van der Waals surface area contributed by atoms with Crippen LogP contribution in [0, 0.1) is 12.7 Å². The quantitative estimate of drug-likeness (QED) is 0.885. The highest BCUT2D eigenvalue weighted by atomic mass is 79.9. The van der Waals surface area contributed by atoms with Crippen LogP contribution in [0.15, 0.2) is 41.0 Å². The third kappa shape index (κ3) is 3.87. The number of benzene rings is 1. The lowest BCUT2D eigenvalue weighted by molar-refractivity contribution is 0.506. The standard InChI is InChI=1S/C16H18BrFN2/c1-3-19-16(9-13-6-5-12(17)10-20-13)14-8-11(2)4-7-15(14)18/h4-8,10,16,19H,3,9H2,1-2H3. The zero-order valence-electron chi connectivity index (χ0n) is 11.7. The molecule has 0 saturated carbocycles. The predicted octanol–water partition coefficient (Wildman–Crippen LogP) is 4.18. The molecule has 2 aromatic rings. The number of pyridine rings is 1. The number of hydrogen-bond acceptors (Lipinski definition) is 2. The Labute approximate surface area is 127 Å². The molecule has 4 heteroatoms. The van der Waals surface area contributed by atoms with Gasteiger partial charge in [0.15, 0.2) is 0 Å². The minimum atomic E-state index is -0.168. The number of aryl methyl sites for hydroxylation is 1. The molecule has 0 aliphatic rings. The second-order valence-electron chi connectivity index (χ2n) is 4.81. The Morgan fingerprint density at radius 1 is 1.30 bits per heavy atom. The number of rotatable bonds is 5. The number of nitrogens with zero attached hydrogens (tertiary/aromatic N) is 1. The summed E-state index contributed by atoms with van der Waals surface area (Å²) in [5.74, 6) is -0.168. The van der Waals surface area contributed by atoms with Crippen molar-refractivity contribution in [1.29, 1.82) is 0 Å². The van der Waals surface area contributed by atoms with Crippen LogP contribution in [0.2, 0.25) is 0 Å². The van der Waals surface area contributed by atoms with E-state index in [1.165, 1.54) is 6.07 Å². The van der Waals surface area contributed by atoms with Gasteiger partial charge >= 0.3 is 0 Å². The molecule has 0 bridgehead atoms. The van der Waals surface area contributed by atoms with Crippen molar-refractivity contribution >= 4 is 15.9 Å². The molecule has 0 spiro atoms. The second kappa shape index (κ2) is 6.95. The Kier molecular flexibility index (Phi) is 5.26. The van der Waals surface area contributed by atoms with Gasteiger partial charge in [0, 0.05) is 34.4 Å². The first kappa shape index (κ1) is 15.1. The van der Waals surface area contributed by atoms with Gasteiger partial charge in [-0.1, -0.05) is 24.6 Å². The number of aromatic nitrogens is 1. The third-order valence-corrected chi connectivity index (χ3v) is 3.65. The lowest BCUT2D eigenvalue weighted by atomic mass is 9.99. The minimum absolute atomic E-state index is 0.0615. The summed E-state index contributed by atoms with van der Waals surface area (Å²) >= 11 is 3.37. The van der Waals surface area contributed by atoms with Crippen LogP contribution in [0.1, 0.15) is 29.8 Å². The SMILES string of the molecule is CCNC(Cc1ccc(Br)cn1)c1cc(C)ccc1F. The topological polar surface area (TPSA) is 24.9 Å². The molecule has 0 aliphatic heterocycles. The molecule has 0 radical (unpaired) electrons. The maximum Gasteiger partial charge on any atom is 0.128 e. The van der Waals surface area contributed by atoms with Crippen LogP contribution in [-0.4, -0.2) is 11.5 Å². The highest BCUT2D eigenvalue weighted by molar-refractivity contribution is 9.10. The monoisotopic (exact) mass is 336 g/mol. The van der Waals surface area contributed by atoms with E-state index in [1.807, 2.05) is 32.0 Å². The summed E-state index contributed by atoms with van der Waals surface area (Å²) in [4.78, 5) is 4.37. The van der Waals surface area contributed by atoms with E-state index in [1.54, 1.807) is 12.3 Å². The van der Waals surface area contributed by atoms with Gasteiger partial charge in [-0.2, -0.15) is 0 Å². The molecule has 0 fully saturated rings. The average Bonchev–Trinajstić information content (AvgIpc) is 2.43. The Morgan fingerprint density at radius 3 is 2.75 bits per heavy atom. The average molecular weight is 337 g/mol. The van der Waals surface area contributed by atoms with Crippen molar-refractivity contribution in [3.8, 4) is 0 Å². The van der Waals surface area contributed by atoms with E-state index in [2.05, 4.69) is 26.2 Å². The molecule has 0 aliphatic carbocycles. The lowest BCUT2D eigenvalue weighted by Gasteiger charge is -2.19. The second-order valence-corrected chi connectivity index (χ2v) is 5.72. The van der Waals surface area contributed by atoms with Crippen LogP contribution in [0.5, 0.6) is 0 Å². The summed E-state index contributed by atoms with van der Waals surface area (Å²) in [5, 5.41) is 3.34. The molecule has 1 unspecified atom stereocenters. The van der Waals surface area contributed by atoms with Crippen molar-refractivity contribution in [3.63, 3.8) is 0 Å². The molecule has 1 atom stereocenters. The first-order chi connectivity index (χ1) is 9.60. The smallest absolute Gasteiger partial charge is 0.128 e. The van der Waals surface area contributed by atoms with Gasteiger partial charge in [-0.05, 0) is 47.6 Å². The van der Waals surface area contributed by atoms with Gasteiger partial charge < -0.3 is 5.32 Å². The molecule has 1 aromatic heterocycles. The van der Waals surface area contributed by atoms with E-state index >= 15 is 0 Å². The van der Waals surface area contributed by atoms with E-state index in [9.17, 15) is 4.39 Å². The Bertz CT molecular complexity index is 569. The van der Waals surface area contributed by atoms with Crippen molar-refractivity contribution < 1.29 is 4.39 Å². The van der Waals surface area contributed by atoms with E-state index in [0.29, 0.717) is 12.0 Å². The van der Waals surface area contributed by atoms with Crippen molar-refractivity contribution in [2.24, 2.45) is 0 Å². The van der Waals surface area contributed by atoms with Crippen LogP contribution < -0.4 is 5.32 Å². The molecule has 2 rings (SSSR count). The zero-order chi connectivity index (χ0) is 14.5. The minimum Gasteiger partial charge on any atom is -0.310 e. The number of halogens is 2. The van der Waals surface area contributed by atoms with Crippen molar-refractivity contribution in [3.05, 3.63) is 63.6 Å². The molecule has 106 valence electrons. The zero-order valence-corrected chi connectivity index (χ0v) is 13.2. The van der Waals surface area contributed by atoms with Crippen molar-refractivity contribution in [2.45, 2.75) is 26.3 Å². The van der Waals surface area contributed by atoms with Gasteiger partial charge in [0.05, 0.1) is 0 Å². The molecule has 0 saturated heterocycles. The normalized spacial score (nSPS) is 12.4. The first-order valence-electron chi connectivity index (χ1n) is 6.70. The molecule has 1 aromatic carbocycles. The van der Waals surface area contributed by atoms with Crippen molar-refractivity contribution in [2.75, 3.05) is 6.54 Å². The summed E-state index contributed by atoms with van der Waals surface area (Å²) in [6, 6.07) is 9.08. The van der Waals surface area contributed by atoms with Gasteiger partial charge in [-0.15, -0.1) is 0 Å². The van der Waals surface area contributed by atoms with E-state index < -0.39 is 0 Å². The van der Waals surface area contributed by atoms with Gasteiger partial charge in [-0.25, -0.2) is 4.39 Å². The van der Waals surface area contributed by atoms with E-state index in [-0.39, 0.29) is 11.9 Å². The molecule has 0 amide bonds. The fraction of sp³-hybridized carbons (Fsp3) is 0.312. The summed E-state index contributed by atoms with van der Waals surface area (Å²) < 4.78 is 15.0. The third-order valence-electron chi connectivity index (χ3n) is 3.18. The predicted molar refractivity (Wildman–Crippen MR) is 83.2 cm³/mol. The van der Waals surface area contributed by atoms with Crippen LogP contribution in [0.4, 0.5) is 4.39 Å². The number of nitrogens with one attached hydrogen (secondary N) is 1. The van der Waals surface area contributed by atoms with Gasteiger partial charge in [0.2, 0.25) is 0 Å². The van der Waals surface area contributed by atoms with Crippen LogP contribution in [0.25, 0.3) is 0 Å². The molecule has 2 nitrogen and oxygen atoms in total. The van der Waals surface area contributed by atoms with Crippen LogP contribution in [-0.2, 0) is 6.42 Å². The Morgan fingerprint density at radius 2 is 2.10 bits per heavy atom. The van der Waals surface area contributed by atoms with E-state index in [4.69, 9.17) is 0 Å². The van der Waals surface area contributed by atoms with Crippen LogP contribution in [0.3, 0.4) is 0 Å². The first-order valence-corrected chi connectivity index (χ1v) is 7.49. The maximum atomic E-state index is 14.0. The molecule has 1 heterocycles. The maximum absolute atomic E-state index is 14.0. The molecule has 1 N–H and O–H groups in total. The summed E-state index contributed by atoms with van der Waals surface area (Å²) in [7, 11) is 0. The molecular weight excluding hydrogens is 319 g/mol. The lowest BCUT2D eigenvalue weighted by Crippen LogP contribution is -2.24. The van der Waals surface area contributed by atoms with Crippen LogP contribution >= 0.6 is 15.9 Å². The van der Waals surface area contributed by atoms with Gasteiger partial charge in [0.25, 0.3) is 0 Å². The van der Waals surface area contributed by atoms with Gasteiger partial charge in [-0.3, -0.25) is 4.98 Å². The fourth-order valence-corrected chi connectivity index (χ4v) is 2.44. The van der Waals surface area contributed by atoms with Crippen molar-refractivity contribution in [1.82, 2.24) is 10.3 Å². The molecular formula is C16H18BrFN2. The summed E-state index contributed by atoms with van der Waals surface area (Å²) in [6.07, 6.45) is 2.44. The number of hydrogen-bond donors (Lipinski definition) is 1. The van der Waals surface area contributed by atoms with E-state index in [0.717, 1.165) is 22.3 Å². The largest absolute Gasteiger partial charge is 0.310 e. The number of likely N-dealkylation sites (N-methyl/N-ethyl adjacent to an activating group) is 1. The molecule has 20 heavy (non-hydrogen) atoms. The van der Waals surface area contributed by atoms with Gasteiger partial charge in [0.1, 0.15) is 5.82 Å². The Balaban J connectivity index is 2.26. The highest BCUT2D eigenvalue weighted by Crippen LogP contribution is 2.22. The Hall–Kier alpha value is -1.26. The summed E-state index contributed by atoms with van der Waals surface area (Å²) in [5.41, 5.74) is 2.71. The summed E-state index contributed by atoms with van der Waals surface area (Å²) in [6.45, 7) is 4.79. The highest BCUT2D eigenvalue weighted by Gasteiger charge is 2.16. The fourth-order valence-electron chi connectivity index (χ4n) is 2.21.